The fourth-order valence-corrected chi connectivity index (χ4v) is 2.23. The number of hydrogen-bond donors (Lipinski definition) is 1. The molecule has 0 bridgehead atoms. The molecule has 0 fully saturated rings. The molecule has 0 spiro atoms. The molecular weight excluding hydrogens is 208 g/mol. The van der Waals surface area contributed by atoms with Gasteiger partial charge < -0.3 is 5.32 Å². The maximum Gasteiger partial charge on any atom is 0.0497 e. The first-order valence-electron chi connectivity index (χ1n) is 6.41. The Morgan fingerprint density at radius 1 is 1.18 bits per heavy atom. The smallest absolute Gasteiger partial charge is 0.0497 e. The van der Waals surface area contributed by atoms with Crippen LogP contribution in [-0.2, 0) is 6.42 Å². The van der Waals surface area contributed by atoms with Gasteiger partial charge in [-0.15, -0.1) is 0 Å². The molecule has 0 aliphatic rings. The van der Waals surface area contributed by atoms with Crippen molar-refractivity contribution in [3.63, 3.8) is 0 Å². The van der Waals surface area contributed by atoms with E-state index < -0.39 is 0 Å². The number of nitrogens with one attached hydrogen (secondary N) is 1. The van der Waals surface area contributed by atoms with Crippen LogP contribution in [-0.4, -0.2) is 17.6 Å². The molecule has 0 aliphatic heterocycles. The molecule has 2 rings (SSSR count). The van der Waals surface area contributed by atoms with Crippen LogP contribution in [0.2, 0.25) is 0 Å². The summed E-state index contributed by atoms with van der Waals surface area (Å²) < 4.78 is 0. The molecule has 0 radical (unpaired) electrons. The number of rotatable bonds is 5. The van der Waals surface area contributed by atoms with Crippen LogP contribution in [0.3, 0.4) is 0 Å². The van der Waals surface area contributed by atoms with Gasteiger partial charge in [0, 0.05) is 29.7 Å². The van der Waals surface area contributed by atoms with Crippen LogP contribution < -0.4 is 5.32 Å². The first kappa shape index (κ1) is 12.1. The van der Waals surface area contributed by atoms with Crippen LogP contribution in [0.25, 0.3) is 10.8 Å². The molecule has 17 heavy (non-hydrogen) atoms. The summed E-state index contributed by atoms with van der Waals surface area (Å²) in [6.45, 7) is 5.39. The minimum Gasteiger partial charge on any atom is -0.314 e. The van der Waals surface area contributed by atoms with Crippen LogP contribution in [0.5, 0.6) is 0 Å². The first-order chi connectivity index (χ1) is 8.35. The summed E-state index contributed by atoms with van der Waals surface area (Å²) in [6.07, 6.45) is 4.06. The molecule has 0 aliphatic carbocycles. The summed E-state index contributed by atoms with van der Waals surface area (Å²) >= 11 is 0. The maximum absolute atomic E-state index is 4.54. The quantitative estimate of drug-likeness (QED) is 0.850. The van der Waals surface area contributed by atoms with E-state index in [2.05, 4.69) is 54.5 Å². The summed E-state index contributed by atoms with van der Waals surface area (Å²) in [4.78, 5) is 4.54. The average molecular weight is 228 g/mol. The van der Waals surface area contributed by atoms with Gasteiger partial charge in [-0.2, -0.15) is 0 Å². The third kappa shape index (κ3) is 2.83. The molecule has 0 saturated heterocycles. The van der Waals surface area contributed by atoms with E-state index in [1.54, 1.807) is 0 Å². The molecular formula is C15H20N2. The van der Waals surface area contributed by atoms with E-state index in [-0.39, 0.29) is 0 Å². The van der Waals surface area contributed by atoms with E-state index in [9.17, 15) is 0 Å². The number of aromatic nitrogens is 1. The monoisotopic (exact) mass is 228 g/mol. The van der Waals surface area contributed by atoms with Crippen molar-refractivity contribution in [3.05, 3.63) is 42.2 Å². The van der Waals surface area contributed by atoms with E-state index >= 15 is 0 Å². The van der Waals surface area contributed by atoms with Crippen LogP contribution >= 0.6 is 0 Å². The minimum atomic E-state index is 0.526. The molecule has 0 saturated carbocycles. The molecule has 1 aromatic heterocycles. The highest BCUT2D eigenvalue weighted by atomic mass is 14.9. The summed E-state index contributed by atoms with van der Waals surface area (Å²) in [5.74, 6) is 0. The van der Waals surface area contributed by atoms with Crippen molar-refractivity contribution in [3.8, 4) is 0 Å². The predicted molar refractivity (Wildman–Crippen MR) is 73.2 cm³/mol. The Bertz CT molecular complexity index is 474. The van der Waals surface area contributed by atoms with Crippen LogP contribution in [0.15, 0.2) is 36.5 Å². The van der Waals surface area contributed by atoms with Crippen molar-refractivity contribution < 1.29 is 0 Å². The van der Waals surface area contributed by atoms with Gasteiger partial charge in [0.15, 0.2) is 0 Å². The SMILES string of the molecule is CCNC(CC)Cc1nccc2ccccc12. The molecule has 90 valence electrons. The normalized spacial score (nSPS) is 12.8. The van der Waals surface area contributed by atoms with Gasteiger partial charge in [0.25, 0.3) is 0 Å². The van der Waals surface area contributed by atoms with Gasteiger partial charge in [-0.25, -0.2) is 0 Å². The zero-order chi connectivity index (χ0) is 12.1. The van der Waals surface area contributed by atoms with Gasteiger partial charge in [-0.3, -0.25) is 4.98 Å². The van der Waals surface area contributed by atoms with Gasteiger partial charge in [0.05, 0.1) is 0 Å². The van der Waals surface area contributed by atoms with Gasteiger partial charge in [-0.1, -0.05) is 38.1 Å². The molecule has 1 atom stereocenters. The lowest BCUT2D eigenvalue weighted by atomic mass is 10.0. The lowest BCUT2D eigenvalue weighted by molar-refractivity contribution is 0.507. The summed E-state index contributed by atoms with van der Waals surface area (Å²) in [5.41, 5.74) is 1.20. The fourth-order valence-electron chi connectivity index (χ4n) is 2.23. The highest BCUT2D eigenvalue weighted by Crippen LogP contribution is 2.18. The van der Waals surface area contributed by atoms with Crippen molar-refractivity contribution in [1.29, 1.82) is 0 Å². The molecule has 0 amide bonds. The summed E-state index contributed by atoms with van der Waals surface area (Å²) in [7, 11) is 0. The topological polar surface area (TPSA) is 24.9 Å². The Morgan fingerprint density at radius 3 is 2.76 bits per heavy atom. The molecule has 1 N–H and O–H groups in total. The van der Waals surface area contributed by atoms with Crippen molar-refractivity contribution >= 4 is 10.8 Å². The van der Waals surface area contributed by atoms with E-state index in [0.717, 1.165) is 19.4 Å². The number of fused-ring (bicyclic) bond motifs is 1. The number of benzene rings is 1. The largest absolute Gasteiger partial charge is 0.314 e. The van der Waals surface area contributed by atoms with Crippen molar-refractivity contribution in [2.75, 3.05) is 6.54 Å². The highest BCUT2D eigenvalue weighted by Gasteiger charge is 2.09. The van der Waals surface area contributed by atoms with E-state index in [1.165, 1.54) is 16.5 Å². The van der Waals surface area contributed by atoms with E-state index in [4.69, 9.17) is 0 Å². The number of pyridine rings is 1. The summed E-state index contributed by atoms with van der Waals surface area (Å²) in [5, 5.41) is 6.07. The van der Waals surface area contributed by atoms with Gasteiger partial charge in [0.2, 0.25) is 0 Å². The molecule has 2 heteroatoms. The van der Waals surface area contributed by atoms with Gasteiger partial charge >= 0.3 is 0 Å². The fraction of sp³-hybridized carbons (Fsp3) is 0.400. The van der Waals surface area contributed by atoms with Crippen LogP contribution in [0, 0.1) is 0 Å². The van der Waals surface area contributed by atoms with Crippen molar-refractivity contribution in [2.24, 2.45) is 0 Å². The molecule has 1 heterocycles. The minimum absolute atomic E-state index is 0.526. The molecule has 2 nitrogen and oxygen atoms in total. The number of nitrogens with zero attached hydrogens (tertiary/aromatic N) is 1. The second-order valence-electron chi connectivity index (χ2n) is 4.35. The lowest BCUT2D eigenvalue weighted by Gasteiger charge is -2.16. The number of hydrogen-bond acceptors (Lipinski definition) is 2. The van der Waals surface area contributed by atoms with E-state index in [1.807, 2.05) is 6.20 Å². The van der Waals surface area contributed by atoms with Crippen molar-refractivity contribution in [1.82, 2.24) is 10.3 Å². The Labute approximate surface area is 103 Å². The maximum atomic E-state index is 4.54. The van der Waals surface area contributed by atoms with Gasteiger partial charge in [0.1, 0.15) is 0 Å². The Kier molecular flexibility index (Phi) is 4.10. The Balaban J connectivity index is 2.28. The third-order valence-corrected chi connectivity index (χ3v) is 3.18. The Hall–Kier alpha value is -1.41. The number of likely N-dealkylation sites (N-methyl/N-ethyl adjacent to an activating group) is 1. The molecule has 1 unspecified atom stereocenters. The average Bonchev–Trinajstić information content (AvgIpc) is 2.38. The van der Waals surface area contributed by atoms with Crippen LogP contribution in [0.4, 0.5) is 0 Å². The summed E-state index contributed by atoms with van der Waals surface area (Å²) in [6, 6.07) is 11.1. The van der Waals surface area contributed by atoms with Crippen LogP contribution in [0.1, 0.15) is 26.0 Å². The molecule has 1 aromatic carbocycles. The second kappa shape index (κ2) is 5.78. The van der Waals surface area contributed by atoms with Gasteiger partial charge in [-0.05, 0) is 24.4 Å². The zero-order valence-electron chi connectivity index (χ0n) is 10.6. The van der Waals surface area contributed by atoms with Crippen molar-refractivity contribution in [2.45, 2.75) is 32.7 Å². The zero-order valence-corrected chi connectivity index (χ0v) is 10.6. The predicted octanol–water partition coefficient (Wildman–Crippen LogP) is 3.17. The van der Waals surface area contributed by atoms with E-state index in [0.29, 0.717) is 6.04 Å². The third-order valence-electron chi connectivity index (χ3n) is 3.18. The Morgan fingerprint density at radius 2 is 2.00 bits per heavy atom. The molecule has 2 aromatic rings. The standard InChI is InChI=1S/C15H20N2/c1-3-13(16-4-2)11-15-14-8-6-5-7-12(14)9-10-17-15/h5-10,13,16H,3-4,11H2,1-2H3. The lowest BCUT2D eigenvalue weighted by Crippen LogP contribution is -2.30. The first-order valence-corrected chi connectivity index (χ1v) is 6.41. The second-order valence-corrected chi connectivity index (χ2v) is 4.35. The highest BCUT2D eigenvalue weighted by molar-refractivity contribution is 5.84.